The summed E-state index contributed by atoms with van der Waals surface area (Å²) >= 11 is 1.52. The van der Waals surface area contributed by atoms with Gasteiger partial charge in [-0.3, -0.25) is 0 Å². The van der Waals surface area contributed by atoms with Crippen molar-refractivity contribution in [2.45, 2.75) is 58.7 Å². The van der Waals surface area contributed by atoms with Crippen LogP contribution in [0.3, 0.4) is 0 Å². The van der Waals surface area contributed by atoms with Crippen LogP contribution in [-0.4, -0.2) is 72.8 Å². The van der Waals surface area contributed by atoms with E-state index in [1.807, 2.05) is 39.0 Å². The topological polar surface area (TPSA) is 89.0 Å². The Balaban J connectivity index is 1.37. The van der Waals surface area contributed by atoms with Crippen molar-refractivity contribution < 1.29 is 22.7 Å². The predicted octanol–water partition coefficient (Wildman–Crippen LogP) is 4.51. The minimum atomic E-state index is -3.16. The van der Waals surface area contributed by atoms with Gasteiger partial charge in [0.2, 0.25) is 10.0 Å². The second-order valence-corrected chi connectivity index (χ2v) is 12.1. The average molecular weight is 508 g/mol. The van der Waals surface area contributed by atoms with E-state index in [4.69, 9.17) is 9.47 Å². The molecule has 1 aromatic heterocycles. The van der Waals surface area contributed by atoms with Crippen molar-refractivity contribution in [2.75, 3.05) is 31.9 Å². The van der Waals surface area contributed by atoms with Gasteiger partial charge in [0.05, 0.1) is 22.1 Å². The van der Waals surface area contributed by atoms with Crippen LogP contribution in [0.25, 0.3) is 15.8 Å². The number of amides is 1. The monoisotopic (exact) mass is 507 g/mol. The van der Waals surface area contributed by atoms with Crippen molar-refractivity contribution >= 4 is 43.2 Å². The normalized spacial score (nSPS) is 18.4. The third-order valence-corrected chi connectivity index (χ3v) is 9.02. The van der Waals surface area contributed by atoms with Gasteiger partial charge < -0.3 is 14.4 Å². The quantitative estimate of drug-likeness (QED) is 0.548. The molecule has 0 saturated carbocycles. The largest absolute Gasteiger partial charge is 0.467 e. The molecule has 0 aliphatic carbocycles. The number of nitrogens with zero attached hydrogens (tertiary/aromatic N) is 3. The molecule has 186 valence electrons. The zero-order chi connectivity index (χ0) is 24.3. The number of carbonyl (C=O) groups excluding carboxylic acids is 1. The standard InChI is InChI=1S/C24H33N3O5S2/c1-4-15-34(29,30)27-13-7-18(8-14-27)19-5-6-21-22(16-19)33-23(25-21)32-20-9-11-26(12-10-20)24(28)31-17(2)3/h5-7,16-17,20H,4,8-15H2,1-3H3. The van der Waals surface area contributed by atoms with E-state index in [1.54, 1.807) is 9.21 Å². The molecule has 3 heterocycles. The molecule has 0 N–H and O–H groups in total. The van der Waals surface area contributed by atoms with E-state index in [9.17, 15) is 13.2 Å². The first-order valence-corrected chi connectivity index (χ1v) is 14.4. The first kappa shape index (κ1) is 24.9. The van der Waals surface area contributed by atoms with Gasteiger partial charge in [-0.2, -0.15) is 4.31 Å². The highest BCUT2D eigenvalue weighted by atomic mass is 32.2. The van der Waals surface area contributed by atoms with E-state index in [-0.39, 0.29) is 24.1 Å². The minimum absolute atomic E-state index is 0.0280. The molecule has 10 heteroatoms. The Morgan fingerprint density at radius 1 is 1.24 bits per heavy atom. The molecular formula is C24H33N3O5S2. The average Bonchev–Trinajstić information content (AvgIpc) is 3.20. The Morgan fingerprint density at radius 3 is 2.65 bits per heavy atom. The molecule has 2 aliphatic heterocycles. The van der Waals surface area contributed by atoms with E-state index >= 15 is 0 Å². The minimum Gasteiger partial charge on any atom is -0.467 e. The van der Waals surface area contributed by atoms with Crippen LogP contribution in [0.5, 0.6) is 5.19 Å². The van der Waals surface area contributed by atoms with Gasteiger partial charge in [-0.1, -0.05) is 30.4 Å². The number of hydrogen-bond donors (Lipinski definition) is 0. The third-order valence-electron chi connectivity index (χ3n) is 6.07. The lowest BCUT2D eigenvalue weighted by Crippen LogP contribution is -2.42. The fourth-order valence-electron chi connectivity index (χ4n) is 4.28. The van der Waals surface area contributed by atoms with Crippen LogP contribution in [0.1, 0.15) is 52.0 Å². The maximum Gasteiger partial charge on any atom is 0.410 e. The number of hydrogen-bond acceptors (Lipinski definition) is 7. The lowest BCUT2D eigenvalue weighted by Gasteiger charge is -2.31. The Bertz CT molecular complexity index is 1150. The van der Waals surface area contributed by atoms with Crippen molar-refractivity contribution in [2.24, 2.45) is 0 Å². The molecule has 4 rings (SSSR count). The van der Waals surface area contributed by atoms with Crippen molar-refractivity contribution in [3.05, 3.63) is 29.8 Å². The molecule has 0 atom stereocenters. The highest BCUT2D eigenvalue weighted by Crippen LogP contribution is 2.33. The highest BCUT2D eigenvalue weighted by Gasteiger charge is 2.27. The second kappa shape index (κ2) is 10.6. The summed E-state index contributed by atoms with van der Waals surface area (Å²) in [6.45, 7) is 7.77. The Morgan fingerprint density at radius 2 is 2.00 bits per heavy atom. The number of likely N-dealkylation sites (tertiary alicyclic amines) is 1. The number of ether oxygens (including phenoxy) is 2. The van der Waals surface area contributed by atoms with Crippen LogP contribution in [0.2, 0.25) is 0 Å². The summed E-state index contributed by atoms with van der Waals surface area (Å²) in [6.07, 6.45) is 4.50. The van der Waals surface area contributed by atoms with Gasteiger partial charge in [-0.05, 0) is 50.0 Å². The zero-order valence-electron chi connectivity index (χ0n) is 20.0. The summed E-state index contributed by atoms with van der Waals surface area (Å²) in [5, 5.41) is 0.643. The van der Waals surface area contributed by atoms with Gasteiger partial charge >= 0.3 is 6.09 Å². The van der Waals surface area contributed by atoms with Crippen LogP contribution < -0.4 is 4.74 Å². The van der Waals surface area contributed by atoms with Crippen molar-refractivity contribution in [3.63, 3.8) is 0 Å². The number of piperidine rings is 1. The summed E-state index contributed by atoms with van der Waals surface area (Å²) in [4.78, 5) is 18.4. The molecule has 34 heavy (non-hydrogen) atoms. The molecule has 0 unspecified atom stereocenters. The maximum atomic E-state index is 12.3. The third kappa shape index (κ3) is 5.90. The van der Waals surface area contributed by atoms with Crippen LogP contribution >= 0.6 is 11.3 Å². The fourth-order valence-corrected chi connectivity index (χ4v) is 6.65. The van der Waals surface area contributed by atoms with Crippen molar-refractivity contribution in [1.82, 2.24) is 14.2 Å². The van der Waals surface area contributed by atoms with E-state index in [1.165, 1.54) is 16.9 Å². The van der Waals surface area contributed by atoms with Gasteiger partial charge in [0.15, 0.2) is 0 Å². The smallest absolute Gasteiger partial charge is 0.410 e. The lowest BCUT2D eigenvalue weighted by molar-refractivity contribution is 0.0517. The maximum absolute atomic E-state index is 12.3. The number of aromatic nitrogens is 1. The molecule has 1 saturated heterocycles. The summed E-state index contributed by atoms with van der Waals surface area (Å²) in [7, 11) is -3.16. The van der Waals surface area contributed by atoms with Crippen molar-refractivity contribution in [3.8, 4) is 5.19 Å². The molecule has 8 nitrogen and oxygen atoms in total. The Hall–Kier alpha value is -2.17. The second-order valence-electron chi connectivity index (χ2n) is 9.05. The first-order chi connectivity index (χ1) is 16.2. The first-order valence-electron chi connectivity index (χ1n) is 11.9. The number of carbonyl (C=O) groups is 1. The van der Waals surface area contributed by atoms with Gasteiger partial charge in [-0.25, -0.2) is 18.2 Å². The molecule has 0 radical (unpaired) electrons. The summed E-state index contributed by atoms with van der Waals surface area (Å²) in [5.74, 6) is 0.201. The molecule has 0 bridgehead atoms. The van der Waals surface area contributed by atoms with Crippen LogP contribution in [0, 0.1) is 0 Å². The number of fused-ring (bicyclic) bond motifs is 1. The summed E-state index contributed by atoms with van der Waals surface area (Å²) in [6, 6.07) is 6.17. The molecular weight excluding hydrogens is 474 g/mol. The molecule has 2 aromatic rings. The van der Waals surface area contributed by atoms with E-state index < -0.39 is 10.0 Å². The zero-order valence-corrected chi connectivity index (χ0v) is 21.7. The number of sulfonamides is 1. The van der Waals surface area contributed by atoms with Gasteiger partial charge in [0, 0.05) is 39.0 Å². The van der Waals surface area contributed by atoms with Gasteiger partial charge in [0.25, 0.3) is 5.19 Å². The number of rotatable bonds is 7. The van der Waals surface area contributed by atoms with Crippen LogP contribution in [0.15, 0.2) is 24.3 Å². The summed E-state index contributed by atoms with van der Waals surface area (Å²) < 4.78 is 38.7. The molecule has 1 aromatic carbocycles. The van der Waals surface area contributed by atoms with E-state index in [2.05, 4.69) is 11.1 Å². The molecule has 2 aliphatic rings. The predicted molar refractivity (Wildman–Crippen MR) is 135 cm³/mol. The van der Waals surface area contributed by atoms with Crippen LogP contribution in [-0.2, 0) is 14.8 Å². The molecule has 0 spiro atoms. The van der Waals surface area contributed by atoms with Gasteiger partial charge in [0.1, 0.15) is 6.10 Å². The lowest BCUT2D eigenvalue weighted by atomic mass is 10.0. The van der Waals surface area contributed by atoms with E-state index in [0.717, 1.165) is 28.6 Å². The Labute approximate surface area is 205 Å². The highest BCUT2D eigenvalue weighted by molar-refractivity contribution is 7.89. The van der Waals surface area contributed by atoms with Crippen LogP contribution in [0.4, 0.5) is 4.79 Å². The molecule has 1 fully saturated rings. The molecule has 1 amide bonds. The van der Waals surface area contributed by atoms with Gasteiger partial charge in [-0.15, -0.1) is 0 Å². The summed E-state index contributed by atoms with van der Waals surface area (Å²) in [5.41, 5.74) is 3.17. The Kier molecular flexibility index (Phi) is 7.79. The SMILES string of the molecule is CCCS(=O)(=O)N1CC=C(c2ccc3nc(OC4CCN(C(=O)OC(C)C)CC4)sc3c2)CC1. The fraction of sp³-hybridized carbons (Fsp3) is 0.583. The number of benzene rings is 1. The number of thiazole rings is 1. The van der Waals surface area contributed by atoms with Crippen molar-refractivity contribution in [1.29, 1.82) is 0 Å². The van der Waals surface area contributed by atoms with E-state index in [0.29, 0.717) is 44.2 Å².